The van der Waals surface area contributed by atoms with Crippen LogP contribution < -0.4 is 0 Å². The molecule has 0 radical (unpaired) electrons. The van der Waals surface area contributed by atoms with E-state index in [2.05, 4.69) is 15.9 Å². The quantitative estimate of drug-likeness (QED) is 0.604. The third-order valence-electron chi connectivity index (χ3n) is 2.60. The van der Waals surface area contributed by atoms with Crippen LogP contribution >= 0.6 is 26.6 Å². The van der Waals surface area contributed by atoms with Gasteiger partial charge in [0.15, 0.2) is 0 Å². The zero-order valence-electron chi connectivity index (χ0n) is 9.85. The van der Waals surface area contributed by atoms with Crippen LogP contribution in [0.3, 0.4) is 0 Å². The lowest BCUT2D eigenvalue weighted by Gasteiger charge is -2.25. The van der Waals surface area contributed by atoms with E-state index in [0.29, 0.717) is 23.2 Å². The molecule has 1 aliphatic rings. The number of esters is 1. The van der Waals surface area contributed by atoms with Gasteiger partial charge in [0.1, 0.15) is 6.10 Å². The molecule has 2 rings (SSSR count). The van der Waals surface area contributed by atoms with Gasteiger partial charge >= 0.3 is 5.97 Å². The van der Waals surface area contributed by atoms with Gasteiger partial charge < -0.3 is 9.47 Å². The zero-order valence-corrected chi connectivity index (χ0v) is 13.0. The number of benzene rings is 1. The maximum absolute atomic E-state index is 11.9. The molecule has 8 heteroatoms. The monoisotopic (exact) mass is 368 g/mol. The smallest absolute Gasteiger partial charge is 0.338 e. The largest absolute Gasteiger partial charge is 0.454 e. The molecule has 104 valence electrons. The molecule has 0 atom stereocenters. The summed E-state index contributed by atoms with van der Waals surface area (Å²) < 4.78 is 33.2. The van der Waals surface area contributed by atoms with Gasteiger partial charge in [0.2, 0.25) is 0 Å². The molecule has 0 aliphatic carbocycles. The Morgan fingerprint density at radius 3 is 2.58 bits per heavy atom. The van der Waals surface area contributed by atoms with E-state index < -0.39 is 15.0 Å². The first-order valence-electron chi connectivity index (χ1n) is 5.32. The second-order valence-corrected chi connectivity index (χ2v) is 7.44. The number of ether oxygens (including phenoxy) is 2. The van der Waals surface area contributed by atoms with Crippen LogP contribution in [0, 0.1) is 6.92 Å². The fourth-order valence-electron chi connectivity index (χ4n) is 1.53. The first-order chi connectivity index (χ1) is 8.79. The van der Waals surface area contributed by atoms with E-state index in [1.807, 2.05) is 0 Å². The van der Waals surface area contributed by atoms with Crippen molar-refractivity contribution in [3.8, 4) is 0 Å². The average Bonchev–Trinajstić information content (AvgIpc) is 2.25. The van der Waals surface area contributed by atoms with E-state index in [-0.39, 0.29) is 16.6 Å². The highest BCUT2D eigenvalue weighted by Gasteiger charge is 2.25. The third-order valence-corrected chi connectivity index (χ3v) is 5.26. The summed E-state index contributed by atoms with van der Waals surface area (Å²) in [6.07, 6.45) is -0.271. The van der Waals surface area contributed by atoms with Crippen molar-refractivity contribution in [2.24, 2.45) is 0 Å². The maximum Gasteiger partial charge on any atom is 0.338 e. The molecular formula is C11H10BrClO5S. The van der Waals surface area contributed by atoms with Crippen LogP contribution in [0.5, 0.6) is 0 Å². The average molecular weight is 370 g/mol. The summed E-state index contributed by atoms with van der Waals surface area (Å²) in [5.41, 5.74) is 0.727. The fourth-order valence-corrected chi connectivity index (χ4v) is 3.69. The van der Waals surface area contributed by atoms with Crippen molar-refractivity contribution in [3.63, 3.8) is 0 Å². The predicted molar refractivity (Wildman–Crippen MR) is 71.9 cm³/mol. The molecule has 0 unspecified atom stereocenters. The van der Waals surface area contributed by atoms with Crippen molar-refractivity contribution in [2.75, 3.05) is 13.2 Å². The summed E-state index contributed by atoms with van der Waals surface area (Å²) in [4.78, 5) is 11.7. The minimum absolute atomic E-state index is 0.145. The van der Waals surface area contributed by atoms with Crippen LogP contribution in [0.25, 0.3) is 0 Å². The summed E-state index contributed by atoms with van der Waals surface area (Å²) in [5, 5.41) is 0. The third kappa shape index (κ3) is 3.28. The molecule has 1 heterocycles. The van der Waals surface area contributed by atoms with Gasteiger partial charge in [-0.25, -0.2) is 13.2 Å². The number of halogens is 2. The number of carbonyl (C=O) groups excluding carboxylic acids is 1. The lowest BCUT2D eigenvalue weighted by atomic mass is 10.1. The van der Waals surface area contributed by atoms with Crippen LogP contribution in [0.2, 0.25) is 0 Å². The van der Waals surface area contributed by atoms with Gasteiger partial charge in [-0.05, 0) is 40.5 Å². The van der Waals surface area contributed by atoms with Crippen LogP contribution in [0.1, 0.15) is 15.9 Å². The van der Waals surface area contributed by atoms with E-state index in [4.69, 9.17) is 20.2 Å². The van der Waals surface area contributed by atoms with Crippen LogP contribution in [0.15, 0.2) is 21.5 Å². The highest BCUT2D eigenvalue weighted by molar-refractivity contribution is 9.10. The lowest BCUT2D eigenvalue weighted by Crippen LogP contribution is -2.37. The minimum atomic E-state index is -3.94. The second kappa shape index (κ2) is 5.40. The molecule has 19 heavy (non-hydrogen) atoms. The van der Waals surface area contributed by atoms with Crippen molar-refractivity contribution < 1.29 is 22.7 Å². The summed E-state index contributed by atoms with van der Waals surface area (Å²) >= 11 is 3.14. The van der Waals surface area contributed by atoms with Crippen LogP contribution in [0.4, 0.5) is 0 Å². The van der Waals surface area contributed by atoms with Crippen molar-refractivity contribution in [3.05, 3.63) is 27.7 Å². The van der Waals surface area contributed by atoms with Gasteiger partial charge in [0.05, 0.1) is 23.7 Å². The molecule has 1 aliphatic heterocycles. The highest BCUT2D eigenvalue weighted by Crippen LogP contribution is 2.30. The molecule has 1 aromatic carbocycles. The Balaban J connectivity index is 2.36. The SMILES string of the molecule is Cc1cc(C(=O)OC2COC2)cc(S(=O)(=O)Cl)c1Br. The Labute approximate surface area is 123 Å². The molecule has 0 N–H and O–H groups in total. The van der Waals surface area contributed by atoms with E-state index >= 15 is 0 Å². The molecule has 5 nitrogen and oxygen atoms in total. The van der Waals surface area contributed by atoms with Gasteiger partial charge in [0, 0.05) is 15.2 Å². The molecule has 0 amide bonds. The van der Waals surface area contributed by atoms with Crippen molar-refractivity contribution in [2.45, 2.75) is 17.9 Å². The molecular weight excluding hydrogens is 360 g/mol. The van der Waals surface area contributed by atoms with E-state index in [0.717, 1.165) is 0 Å². The molecule has 0 saturated carbocycles. The Hall–Kier alpha value is -0.630. The molecule has 0 spiro atoms. The van der Waals surface area contributed by atoms with Gasteiger partial charge in [-0.3, -0.25) is 0 Å². The Bertz CT molecular complexity index is 624. The topological polar surface area (TPSA) is 69.7 Å². The van der Waals surface area contributed by atoms with Crippen molar-refractivity contribution in [1.82, 2.24) is 0 Å². The van der Waals surface area contributed by atoms with Gasteiger partial charge in [0.25, 0.3) is 9.05 Å². The molecule has 0 bridgehead atoms. The van der Waals surface area contributed by atoms with Crippen LogP contribution in [-0.2, 0) is 18.5 Å². The number of aryl methyl sites for hydroxylation is 1. The summed E-state index contributed by atoms with van der Waals surface area (Å²) in [5.74, 6) is -0.592. The Morgan fingerprint density at radius 2 is 2.11 bits per heavy atom. The number of rotatable bonds is 3. The summed E-state index contributed by atoms with van der Waals surface area (Å²) in [7, 11) is 1.39. The summed E-state index contributed by atoms with van der Waals surface area (Å²) in [6.45, 7) is 2.39. The highest BCUT2D eigenvalue weighted by atomic mass is 79.9. The number of hydrogen-bond acceptors (Lipinski definition) is 5. The number of hydrogen-bond donors (Lipinski definition) is 0. The first-order valence-corrected chi connectivity index (χ1v) is 8.43. The van der Waals surface area contributed by atoms with Gasteiger partial charge in [-0.2, -0.15) is 0 Å². The van der Waals surface area contributed by atoms with Gasteiger partial charge in [-0.15, -0.1) is 0 Å². The van der Waals surface area contributed by atoms with Crippen molar-refractivity contribution >= 4 is 41.6 Å². The maximum atomic E-state index is 11.9. The predicted octanol–water partition coefficient (Wildman–Crippen LogP) is 2.24. The minimum Gasteiger partial charge on any atom is -0.454 e. The normalized spacial score (nSPS) is 15.9. The first kappa shape index (κ1) is 14.8. The molecule has 1 aromatic rings. The standard InChI is InChI=1S/C11H10BrClO5S/c1-6-2-7(11(14)18-8-4-17-5-8)3-9(10(6)12)19(13,15)16/h2-3,8H,4-5H2,1H3. The van der Waals surface area contributed by atoms with Crippen molar-refractivity contribution in [1.29, 1.82) is 0 Å². The Kier molecular flexibility index (Phi) is 4.20. The van der Waals surface area contributed by atoms with Crippen LogP contribution in [-0.4, -0.2) is 33.7 Å². The van der Waals surface area contributed by atoms with E-state index in [9.17, 15) is 13.2 Å². The second-order valence-electron chi connectivity index (χ2n) is 4.11. The number of carbonyl (C=O) groups is 1. The lowest BCUT2D eigenvalue weighted by molar-refractivity contribution is -0.103. The molecule has 1 saturated heterocycles. The zero-order chi connectivity index (χ0) is 14.2. The molecule has 0 aromatic heterocycles. The Morgan fingerprint density at radius 1 is 1.47 bits per heavy atom. The fraction of sp³-hybridized carbons (Fsp3) is 0.364. The molecule has 1 fully saturated rings. The summed E-state index contributed by atoms with van der Waals surface area (Å²) in [6, 6.07) is 2.73. The van der Waals surface area contributed by atoms with E-state index in [1.54, 1.807) is 6.92 Å². The van der Waals surface area contributed by atoms with Gasteiger partial charge in [-0.1, -0.05) is 0 Å². The van der Waals surface area contributed by atoms with E-state index in [1.165, 1.54) is 12.1 Å².